The van der Waals surface area contributed by atoms with Gasteiger partial charge in [-0.05, 0) is 64.2 Å². The van der Waals surface area contributed by atoms with Crippen LogP contribution < -0.4 is 5.11 Å². The molecule has 55 heavy (non-hydrogen) atoms. The third kappa shape index (κ3) is 36.2. The summed E-state index contributed by atoms with van der Waals surface area (Å²) in [6.07, 6.45) is 46.5. The third-order valence-electron chi connectivity index (χ3n) is 9.11. The molecule has 0 aliphatic rings. The van der Waals surface area contributed by atoms with Crippen LogP contribution in [0.1, 0.15) is 155 Å². The Morgan fingerprint density at radius 1 is 0.564 bits per heavy atom. The highest BCUT2D eigenvalue weighted by Crippen LogP contribution is 2.13. The molecule has 0 spiro atoms. The van der Waals surface area contributed by atoms with Gasteiger partial charge in [0.15, 0.2) is 6.10 Å². The van der Waals surface area contributed by atoms with Crippen LogP contribution in [0.15, 0.2) is 72.9 Å². The van der Waals surface area contributed by atoms with Gasteiger partial charge in [0.2, 0.25) is 0 Å². The predicted molar refractivity (Wildman–Crippen MR) is 226 cm³/mol. The van der Waals surface area contributed by atoms with E-state index in [9.17, 15) is 19.5 Å². The maximum absolute atomic E-state index is 12.7. The number of rotatable bonds is 37. The van der Waals surface area contributed by atoms with Crippen molar-refractivity contribution < 1.29 is 38.2 Å². The highest BCUT2D eigenvalue weighted by Gasteiger charge is 2.25. The first-order valence-electron chi connectivity index (χ1n) is 21.5. The van der Waals surface area contributed by atoms with Gasteiger partial charge in [-0.3, -0.25) is 9.59 Å². The van der Waals surface area contributed by atoms with Crippen molar-refractivity contribution in [3.63, 3.8) is 0 Å². The van der Waals surface area contributed by atoms with Crippen molar-refractivity contribution in [1.29, 1.82) is 0 Å². The molecule has 8 heteroatoms. The largest absolute Gasteiger partial charge is 0.544 e. The van der Waals surface area contributed by atoms with Gasteiger partial charge in [0.25, 0.3) is 0 Å². The minimum absolute atomic E-state index is 0.0244. The Labute approximate surface area is 336 Å². The zero-order valence-electron chi connectivity index (χ0n) is 35.6. The average molecular weight is 770 g/mol. The van der Waals surface area contributed by atoms with E-state index >= 15 is 0 Å². The monoisotopic (exact) mass is 770 g/mol. The zero-order valence-corrected chi connectivity index (χ0v) is 35.6. The topological polar surface area (TPSA) is 102 Å². The summed E-state index contributed by atoms with van der Waals surface area (Å²) in [6.45, 7) is 4.47. The molecule has 0 aliphatic carbocycles. The number of carboxylic acids is 1. The van der Waals surface area contributed by atoms with E-state index in [-0.39, 0.29) is 49.1 Å². The number of carbonyl (C=O) groups excluding carboxylic acids is 3. The number of likely N-dealkylation sites (N-methyl/N-ethyl adjacent to an activating group) is 1. The lowest BCUT2D eigenvalue weighted by Gasteiger charge is -2.34. The van der Waals surface area contributed by atoms with Crippen molar-refractivity contribution in [2.75, 3.05) is 41.0 Å². The van der Waals surface area contributed by atoms with Gasteiger partial charge in [0, 0.05) is 19.3 Å². The number of carboxylic acid groups (broad SMARTS) is 1. The van der Waals surface area contributed by atoms with Crippen molar-refractivity contribution in [3.8, 4) is 0 Å². The molecule has 2 atom stereocenters. The molecule has 314 valence electrons. The lowest BCUT2D eigenvalue weighted by atomic mass is 10.1. The molecule has 0 aliphatic heterocycles. The van der Waals surface area contributed by atoms with E-state index in [1.165, 1.54) is 38.5 Å². The second kappa shape index (κ2) is 37.7. The first-order valence-corrected chi connectivity index (χ1v) is 21.5. The molecule has 0 rings (SSSR count). The smallest absolute Gasteiger partial charge is 0.306 e. The first kappa shape index (κ1) is 51.8. The number of aliphatic carboxylic acids is 1. The molecule has 0 aromatic heterocycles. The highest BCUT2D eigenvalue weighted by molar-refractivity contribution is 5.70. The van der Waals surface area contributed by atoms with E-state index in [2.05, 4.69) is 86.8 Å². The van der Waals surface area contributed by atoms with Crippen LogP contribution >= 0.6 is 0 Å². The highest BCUT2D eigenvalue weighted by atomic mass is 16.6. The molecule has 0 saturated carbocycles. The van der Waals surface area contributed by atoms with Gasteiger partial charge >= 0.3 is 11.9 Å². The molecule has 0 bridgehead atoms. The minimum atomic E-state index is -1.13. The molecule has 0 heterocycles. The number of nitrogens with zero attached hydrogens (tertiary/aromatic N) is 1. The van der Waals surface area contributed by atoms with Crippen molar-refractivity contribution in [1.82, 2.24) is 0 Å². The third-order valence-corrected chi connectivity index (χ3v) is 9.11. The van der Waals surface area contributed by atoms with E-state index in [4.69, 9.17) is 14.2 Å². The van der Waals surface area contributed by atoms with Crippen molar-refractivity contribution in [2.24, 2.45) is 0 Å². The summed E-state index contributed by atoms with van der Waals surface area (Å²) < 4.78 is 17.1. The summed E-state index contributed by atoms with van der Waals surface area (Å²) in [4.78, 5) is 36.7. The Morgan fingerprint density at radius 3 is 1.51 bits per heavy atom. The van der Waals surface area contributed by atoms with Crippen LogP contribution in [0.5, 0.6) is 0 Å². The van der Waals surface area contributed by atoms with E-state index in [0.717, 1.165) is 77.0 Å². The number of esters is 2. The van der Waals surface area contributed by atoms with Crippen molar-refractivity contribution in [2.45, 2.75) is 167 Å². The normalized spacial score (nSPS) is 13.7. The molecule has 0 fully saturated rings. The second-order valence-electron chi connectivity index (χ2n) is 15.2. The lowest BCUT2D eigenvalue weighted by Crippen LogP contribution is -2.55. The van der Waals surface area contributed by atoms with Gasteiger partial charge < -0.3 is 28.6 Å². The predicted octanol–water partition coefficient (Wildman–Crippen LogP) is 10.2. The van der Waals surface area contributed by atoms with Gasteiger partial charge in [0.1, 0.15) is 12.6 Å². The van der Waals surface area contributed by atoms with E-state index in [1.807, 2.05) is 0 Å². The number of quaternary nitrogens is 1. The quantitative estimate of drug-likeness (QED) is 0.0268. The second-order valence-corrected chi connectivity index (χ2v) is 15.2. The summed E-state index contributed by atoms with van der Waals surface area (Å²) in [5.41, 5.74) is 0. The Hall–Kier alpha value is -3.23. The number of ether oxygens (including phenoxy) is 3. The zero-order chi connectivity index (χ0) is 40.7. The van der Waals surface area contributed by atoms with Gasteiger partial charge in [-0.1, -0.05) is 145 Å². The van der Waals surface area contributed by atoms with Gasteiger partial charge in [-0.2, -0.15) is 0 Å². The molecule has 0 aromatic carbocycles. The van der Waals surface area contributed by atoms with Crippen LogP contribution in [-0.2, 0) is 28.6 Å². The number of hydrogen-bond acceptors (Lipinski definition) is 7. The van der Waals surface area contributed by atoms with Gasteiger partial charge in [0.05, 0.1) is 40.3 Å². The fourth-order valence-electron chi connectivity index (χ4n) is 5.78. The molecular weight excluding hydrogens is 691 g/mol. The van der Waals surface area contributed by atoms with Gasteiger partial charge in [-0.25, -0.2) is 0 Å². The maximum Gasteiger partial charge on any atom is 0.306 e. The van der Waals surface area contributed by atoms with E-state index in [1.54, 1.807) is 21.1 Å². The van der Waals surface area contributed by atoms with Crippen LogP contribution in [-0.4, -0.2) is 75.5 Å². The van der Waals surface area contributed by atoms with Crippen LogP contribution in [0.25, 0.3) is 0 Å². The van der Waals surface area contributed by atoms with Crippen molar-refractivity contribution >= 4 is 17.9 Å². The Bertz CT molecular complexity index is 1130. The van der Waals surface area contributed by atoms with Crippen LogP contribution in [0.4, 0.5) is 0 Å². The number of carbonyl (C=O) groups is 3. The standard InChI is InChI=1S/C47H79NO7/c1-6-8-10-12-14-16-17-18-19-20-21-22-23-24-25-26-27-28-30-32-34-36-38-46(50)55-43(41-53-40-39-44(47(51)52)48(3,4)5)42-54-45(49)37-35-33-31-29-15-13-11-9-7-2/h8,10,14,16,18-19,21-22,24-25,27-28,43-44H,6-7,9,11-13,15,17,20,23,26,29-42H2,1-5H3/b10-8+,16-14+,19-18+,22-21+,25-24+,28-27+. The molecule has 2 unspecified atom stereocenters. The van der Waals surface area contributed by atoms with E-state index < -0.39 is 18.1 Å². The maximum atomic E-state index is 12.7. The van der Waals surface area contributed by atoms with Crippen molar-refractivity contribution in [3.05, 3.63) is 72.9 Å². The van der Waals surface area contributed by atoms with Crippen LogP contribution in [0.2, 0.25) is 0 Å². The molecule has 0 aromatic rings. The number of hydrogen-bond donors (Lipinski definition) is 0. The SMILES string of the molecule is CC/C=C/C/C=C/C/C=C/C/C=C/C/C=C/C/C=C/CCCCCC(=O)OC(COCCC(C(=O)[O-])[N+](C)(C)C)COC(=O)CCCCCCCCCCC. The summed E-state index contributed by atoms with van der Waals surface area (Å²) in [5, 5.41) is 11.6. The molecule has 0 saturated heterocycles. The van der Waals surface area contributed by atoms with Gasteiger partial charge in [-0.15, -0.1) is 0 Å². The summed E-state index contributed by atoms with van der Waals surface area (Å²) >= 11 is 0. The fraction of sp³-hybridized carbons (Fsp3) is 0.681. The molecule has 0 radical (unpaired) electrons. The Morgan fingerprint density at radius 2 is 1.02 bits per heavy atom. The lowest BCUT2D eigenvalue weighted by molar-refractivity contribution is -0.889. The molecule has 0 amide bonds. The summed E-state index contributed by atoms with van der Waals surface area (Å²) in [5.74, 6) is -1.79. The number of allylic oxidation sites excluding steroid dienone is 12. The van der Waals surface area contributed by atoms with Crippen LogP contribution in [0.3, 0.4) is 0 Å². The van der Waals surface area contributed by atoms with Crippen LogP contribution in [0, 0.1) is 0 Å². The minimum Gasteiger partial charge on any atom is -0.544 e. The fourth-order valence-corrected chi connectivity index (χ4v) is 5.78. The van der Waals surface area contributed by atoms with E-state index in [0.29, 0.717) is 12.8 Å². The molecular formula is C47H79NO7. The average Bonchev–Trinajstić information content (AvgIpc) is 3.14. The number of unbranched alkanes of at least 4 members (excludes halogenated alkanes) is 11. The Balaban J connectivity index is 4.39. The molecule has 0 N–H and O–H groups in total. The first-order chi connectivity index (χ1) is 26.6. The summed E-state index contributed by atoms with van der Waals surface area (Å²) in [7, 11) is 5.38. The Kier molecular flexibility index (Phi) is 35.5. The summed E-state index contributed by atoms with van der Waals surface area (Å²) in [6, 6.07) is -0.733. The molecule has 8 nitrogen and oxygen atoms in total.